The average Bonchev–Trinajstić information content (AvgIpc) is 3.21. The van der Waals surface area contributed by atoms with E-state index in [1.165, 1.54) is 0 Å². The van der Waals surface area contributed by atoms with Crippen molar-refractivity contribution < 1.29 is 9.90 Å². The van der Waals surface area contributed by atoms with E-state index >= 15 is 0 Å². The van der Waals surface area contributed by atoms with Crippen LogP contribution in [0.4, 0.5) is 11.4 Å². The number of benzene rings is 1. The van der Waals surface area contributed by atoms with Gasteiger partial charge in [0.2, 0.25) is 0 Å². The SMILES string of the molecule is CCNC(=O)c1ccc(NCC(O)C2CC2)c(N)c1. The zero-order valence-corrected chi connectivity index (χ0v) is 11.1. The van der Waals surface area contributed by atoms with E-state index in [1.54, 1.807) is 18.2 Å². The van der Waals surface area contributed by atoms with Crippen molar-refractivity contribution in [2.75, 3.05) is 24.1 Å². The molecule has 1 unspecified atom stereocenters. The molecule has 0 radical (unpaired) electrons. The molecule has 1 aliphatic carbocycles. The molecule has 0 heterocycles. The monoisotopic (exact) mass is 263 g/mol. The van der Waals surface area contributed by atoms with Crippen LogP contribution >= 0.6 is 0 Å². The summed E-state index contributed by atoms with van der Waals surface area (Å²) < 4.78 is 0. The maximum absolute atomic E-state index is 11.6. The number of amides is 1. The Labute approximate surface area is 113 Å². The molecule has 1 fully saturated rings. The topological polar surface area (TPSA) is 87.4 Å². The molecule has 1 aliphatic rings. The zero-order chi connectivity index (χ0) is 13.8. The lowest BCUT2D eigenvalue weighted by atomic mass is 10.1. The van der Waals surface area contributed by atoms with Crippen molar-refractivity contribution in [2.45, 2.75) is 25.9 Å². The number of hydrogen-bond acceptors (Lipinski definition) is 4. The smallest absolute Gasteiger partial charge is 0.251 e. The molecule has 0 aromatic heterocycles. The van der Waals surface area contributed by atoms with E-state index in [4.69, 9.17) is 5.73 Å². The quantitative estimate of drug-likeness (QED) is 0.581. The second kappa shape index (κ2) is 5.93. The van der Waals surface area contributed by atoms with Crippen molar-refractivity contribution in [3.05, 3.63) is 23.8 Å². The number of rotatable bonds is 6. The van der Waals surface area contributed by atoms with Gasteiger partial charge in [-0.25, -0.2) is 0 Å². The second-order valence-corrected chi connectivity index (χ2v) is 4.95. The van der Waals surface area contributed by atoms with Crippen LogP contribution in [-0.4, -0.2) is 30.2 Å². The van der Waals surface area contributed by atoms with Crippen molar-refractivity contribution in [1.29, 1.82) is 0 Å². The van der Waals surface area contributed by atoms with Crippen molar-refractivity contribution in [3.63, 3.8) is 0 Å². The highest BCUT2D eigenvalue weighted by Gasteiger charge is 2.29. The number of carbonyl (C=O) groups is 1. The summed E-state index contributed by atoms with van der Waals surface area (Å²) in [6.07, 6.45) is 1.89. The summed E-state index contributed by atoms with van der Waals surface area (Å²) in [5.41, 5.74) is 7.74. The molecule has 1 aromatic rings. The van der Waals surface area contributed by atoms with Gasteiger partial charge >= 0.3 is 0 Å². The number of anilines is 2. The number of nitrogens with one attached hydrogen (secondary N) is 2. The molecule has 5 N–H and O–H groups in total. The molecule has 0 spiro atoms. The van der Waals surface area contributed by atoms with Crippen LogP contribution in [0.15, 0.2) is 18.2 Å². The van der Waals surface area contributed by atoms with Gasteiger partial charge < -0.3 is 21.5 Å². The van der Waals surface area contributed by atoms with Crippen LogP contribution in [-0.2, 0) is 0 Å². The zero-order valence-electron chi connectivity index (χ0n) is 11.1. The molecule has 0 aliphatic heterocycles. The first-order valence-electron chi connectivity index (χ1n) is 6.71. The molecule has 5 heteroatoms. The van der Waals surface area contributed by atoms with Gasteiger partial charge in [0.1, 0.15) is 0 Å². The van der Waals surface area contributed by atoms with Gasteiger partial charge in [-0.2, -0.15) is 0 Å². The fourth-order valence-electron chi connectivity index (χ4n) is 1.99. The maximum Gasteiger partial charge on any atom is 0.251 e. The molecule has 5 nitrogen and oxygen atoms in total. The lowest BCUT2D eigenvalue weighted by Crippen LogP contribution is -2.23. The van der Waals surface area contributed by atoms with Crippen LogP contribution in [0.5, 0.6) is 0 Å². The van der Waals surface area contributed by atoms with E-state index in [0.29, 0.717) is 30.3 Å². The molecule has 0 bridgehead atoms. The van der Waals surface area contributed by atoms with Crippen LogP contribution in [0.25, 0.3) is 0 Å². The third-order valence-electron chi connectivity index (χ3n) is 3.32. The fraction of sp³-hybridized carbons (Fsp3) is 0.500. The Bertz CT molecular complexity index is 458. The minimum Gasteiger partial charge on any atom is -0.397 e. The molecular formula is C14H21N3O2. The maximum atomic E-state index is 11.6. The van der Waals surface area contributed by atoms with Gasteiger partial charge in [0.05, 0.1) is 17.5 Å². The molecule has 2 rings (SSSR count). The first kappa shape index (κ1) is 13.7. The van der Waals surface area contributed by atoms with Crippen molar-refractivity contribution in [2.24, 2.45) is 5.92 Å². The van der Waals surface area contributed by atoms with E-state index in [1.807, 2.05) is 6.92 Å². The molecule has 1 aromatic carbocycles. The highest BCUT2D eigenvalue weighted by molar-refractivity contribution is 5.96. The summed E-state index contributed by atoms with van der Waals surface area (Å²) in [7, 11) is 0. The Morgan fingerprint density at radius 3 is 2.84 bits per heavy atom. The van der Waals surface area contributed by atoms with Crippen LogP contribution in [0, 0.1) is 5.92 Å². The van der Waals surface area contributed by atoms with Crippen molar-refractivity contribution in [1.82, 2.24) is 5.32 Å². The van der Waals surface area contributed by atoms with Crippen LogP contribution < -0.4 is 16.4 Å². The molecule has 0 saturated heterocycles. The summed E-state index contributed by atoms with van der Waals surface area (Å²) in [6, 6.07) is 5.16. The molecule has 1 amide bonds. The highest BCUT2D eigenvalue weighted by Crippen LogP contribution is 2.32. The van der Waals surface area contributed by atoms with E-state index in [9.17, 15) is 9.90 Å². The van der Waals surface area contributed by atoms with E-state index in [0.717, 1.165) is 18.5 Å². The van der Waals surface area contributed by atoms with Gasteiger partial charge in [-0.1, -0.05) is 0 Å². The first-order chi connectivity index (χ1) is 9.11. The molecule has 1 atom stereocenters. The summed E-state index contributed by atoms with van der Waals surface area (Å²) in [4.78, 5) is 11.6. The lowest BCUT2D eigenvalue weighted by Gasteiger charge is -2.14. The van der Waals surface area contributed by atoms with Gasteiger partial charge in [0.15, 0.2) is 0 Å². The number of aliphatic hydroxyl groups excluding tert-OH is 1. The van der Waals surface area contributed by atoms with E-state index in [-0.39, 0.29) is 12.0 Å². The van der Waals surface area contributed by atoms with Gasteiger partial charge in [-0.3, -0.25) is 4.79 Å². The second-order valence-electron chi connectivity index (χ2n) is 4.95. The Kier molecular flexibility index (Phi) is 4.27. The Morgan fingerprint density at radius 2 is 2.26 bits per heavy atom. The number of aliphatic hydroxyl groups is 1. The van der Waals surface area contributed by atoms with Crippen LogP contribution in [0.2, 0.25) is 0 Å². The summed E-state index contributed by atoms with van der Waals surface area (Å²) >= 11 is 0. The fourth-order valence-corrected chi connectivity index (χ4v) is 1.99. The third-order valence-corrected chi connectivity index (χ3v) is 3.32. The lowest BCUT2D eigenvalue weighted by molar-refractivity contribution is 0.0956. The van der Waals surface area contributed by atoms with Gasteiger partial charge in [-0.15, -0.1) is 0 Å². The van der Waals surface area contributed by atoms with Crippen LogP contribution in [0.3, 0.4) is 0 Å². The van der Waals surface area contributed by atoms with Gasteiger partial charge in [0.25, 0.3) is 5.91 Å². The number of carbonyl (C=O) groups excluding carboxylic acids is 1. The van der Waals surface area contributed by atoms with Gasteiger partial charge in [-0.05, 0) is 43.9 Å². The third kappa shape index (κ3) is 3.61. The molecule has 1 saturated carbocycles. The average molecular weight is 263 g/mol. The normalized spacial score (nSPS) is 15.9. The van der Waals surface area contributed by atoms with Crippen LogP contribution in [0.1, 0.15) is 30.1 Å². The van der Waals surface area contributed by atoms with Gasteiger partial charge in [0, 0.05) is 18.7 Å². The predicted octanol–water partition coefficient (Wildman–Crippen LogP) is 1.20. The van der Waals surface area contributed by atoms with Crippen molar-refractivity contribution >= 4 is 17.3 Å². The highest BCUT2D eigenvalue weighted by atomic mass is 16.3. The first-order valence-corrected chi connectivity index (χ1v) is 6.71. The number of nitrogen functional groups attached to an aromatic ring is 1. The summed E-state index contributed by atoms with van der Waals surface area (Å²) in [6.45, 7) is 2.96. The standard InChI is InChI=1S/C14H21N3O2/c1-2-16-14(19)10-5-6-12(11(15)7-10)17-8-13(18)9-3-4-9/h5-7,9,13,17-18H,2-4,8,15H2,1H3,(H,16,19). The number of hydrogen-bond donors (Lipinski definition) is 4. The van der Waals surface area contributed by atoms with Crippen molar-refractivity contribution in [3.8, 4) is 0 Å². The van der Waals surface area contributed by atoms with E-state index in [2.05, 4.69) is 10.6 Å². The predicted molar refractivity (Wildman–Crippen MR) is 76.1 cm³/mol. The number of nitrogens with two attached hydrogens (primary N) is 1. The van der Waals surface area contributed by atoms with E-state index < -0.39 is 0 Å². The largest absolute Gasteiger partial charge is 0.397 e. The summed E-state index contributed by atoms with van der Waals surface area (Å²) in [5, 5.41) is 15.6. The Hall–Kier alpha value is -1.75. The molecule has 104 valence electrons. The molecular weight excluding hydrogens is 242 g/mol. The Balaban J connectivity index is 1.96. The minimum absolute atomic E-state index is 0.126. The Morgan fingerprint density at radius 1 is 1.53 bits per heavy atom. The minimum atomic E-state index is -0.317. The summed E-state index contributed by atoms with van der Waals surface area (Å²) in [5.74, 6) is 0.307. The molecule has 19 heavy (non-hydrogen) atoms.